The van der Waals surface area contributed by atoms with Gasteiger partial charge in [-0.05, 0) is 63.8 Å². The maximum atomic E-state index is 4.97. The molecule has 0 bridgehead atoms. The summed E-state index contributed by atoms with van der Waals surface area (Å²) in [5.74, 6) is 0. The van der Waals surface area contributed by atoms with Gasteiger partial charge in [0.2, 0.25) is 0 Å². The third kappa shape index (κ3) is 5.95. The molecule has 0 atom stereocenters. The van der Waals surface area contributed by atoms with Gasteiger partial charge in [0, 0.05) is 19.3 Å². The topological polar surface area (TPSA) is 48.8 Å². The molecule has 4 heteroatoms. The maximum Gasteiger partial charge on any atom is 0.0867 e. The van der Waals surface area contributed by atoms with Gasteiger partial charge in [0.05, 0.1) is 28.5 Å². The number of nitrogens with zero attached hydrogens (tertiary/aromatic N) is 2. The van der Waals surface area contributed by atoms with E-state index in [4.69, 9.17) is 9.98 Å². The summed E-state index contributed by atoms with van der Waals surface area (Å²) in [5, 5.41) is 6.88. The van der Waals surface area contributed by atoms with Gasteiger partial charge >= 0.3 is 0 Å². The maximum absolute atomic E-state index is 4.97. The number of anilines is 2. The van der Waals surface area contributed by atoms with Crippen molar-refractivity contribution in [3.05, 3.63) is 47.5 Å². The molecule has 0 saturated carbocycles. The first-order chi connectivity index (χ1) is 13.6. The Balaban J connectivity index is 2.40. The molecule has 0 spiro atoms. The van der Waals surface area contributed by atoms with Crippen LogP contribution in [0.15, 0.2) is 46.4 Å². The fourth-order valence-electron chi connectivity index (χ4n) is 3.12. The average Bonchev–Trinajstić information content (AvgIpc) is 2.68. The predicted molar refractivity (Wildman–Crippen MR) is 125 cm³/mol. The molecule has 0 aliphatic heterocycles. The second kappa shape index (κ2) is 11.3. The Labute approximate surface area is 170 Å². The molecule has 4 nitrogen and oxygen atoms in total. The fourth-order valence-corrected chi connectivity index (χ4v) is 3.12. The minimum Gasteiger partial charge on any atom is -0.383 e. The molecule has 150 valence electrons. The molecule has 0 radical (unpaired) electrons. The second-order valence-corrected chi connectivity index (χ2v) is 6.96. The van der Waals surface area contributed by atoms with Gasteiger partial charge in [0.25, 0.3) is 0 Å². The van der Waals surface area contributed by atoms with Crippen molar-refractivity contribution < 1.29 is 0 Å². The van der Waals surface area contributed by atoms with E-state index >= 15 is 0 Å². The number of hydrogen-bond donors (Lipinski definition) is 2. The number of para-hydroxylation sites is 2. The number of nitrogens with one attached hydrogen (secondary N) is 2. The first-order valence-corrected chi connectivity index (χ1v) is 10.4. The van der Waals surface area contributed by atoms with Crippen molar-refractivity contribution in [2.24, 2.45) is 9.98 Å². The lowest BCUT2D eigenvalue weighted by Gasteiger charge is -2.12. The van der Waals surface area contributed by atoms with Crippen LogP contribution in [0.1, 0.15) is 51.2 Å². The summed E-state index contributed by atoms with van der Waals surface area (Å²) >= 11 is 0. The van der Waals surface area contributed by atoms with Crippen molar-refractivity contribution in [3.63, 3.8) is 0 Å². The molecule has 2 rings (SSSR count). The molecule has 0 aliphatic carbocycles. The zero-order valence-electron chi connectivity index (χ0n) is 18.0. The predicted octanol–water partition coefficient (Wildman–Crippen LogP) is 6.83. The molecule has 0 heterocycles. The molecule has 2 aromatic carbocycles. The molecule has 2 aromatic rings. The lowest BCUT2D eigenvalue weighted by atomic mass is 10.1. The molecule has 0 aliphatic rings. The summed E-state index contributed by atoms with van der Waals surface area (Å²) < 4.78 is 0. The number of aryl methyl sites for hydroxylation is 2. The summed E-state index contributed by atoms with van der Waals surface area (Å²) in [6, 6.07) is 12.5. The van der Waals surface area contributed by atoms with Gasteiger partial charge in [-0.2, -0.15) is 0 Å². The van der Waals surface area contributed by atoms with E-state index in [1.165, 1.54) is 11.1 Å². The minimum absolute atomic E-state index is 0.874. The smallest absolute Gasteiger partial charge is 0.0867 e. The molecule has 0 fully saturated rings. The molecular formula is C24H34N4. The summed E-state index contributed by atoms with van der Waals surface area (Å²) in [5.41, 5.74) is 7.57. The molecule has 0 saturated heterocycles. The number of aliphatic imine (C=N–C) groups is 2. The highest BCUT2D eigenvalue weighted by Crippen LogP contribution is 2.30. The Kier molecular flexibility index (Phi) is 8.73. The number of unbranched alkanes of at least 4 members (excludes halogenated alkanes) is 1. The lowest BCUT2D eigenvalue weighted by molar-refractivity contribution is 0.839. The molecule has 0 aromatic heterocycles. The van der Waals surface area contributed by atoms with Crippen LogP contribution < -0.4 is 10.6 Å². The van der Waals surface area contributed by atoms with E-state index in [1.54, 1.807) is 0 Å². The van der Waals surface area contributed by atoms with Gasteiger partial charge in [-0.1, -0.05) is 37.6 Å². The van der Waals surface area contributed by atoms with Crippen molar-refractivity contribution in [1.82, 2.24) is 0 Å². The molecule has 0 unspecified atom stereocenters. The van der Waals surface area contributed by atoms with Crippen LogP contribution in [-0.2, 0) is 0 Å². The quantitative estimate of drug-likeness (QED) is 0.445. The SMILES string of the molecule is CCCCC(C=Nc1cccc(C)c1NCC)=Nc1cccc(C)c1NCC. The average molecular weight is 379 g/mol. The van der Waals surface area contributed by atoms with Crippen LogP contribution in [0.3, 0.4) is 0 Å². The highest BCUT2D eigenvalue weighted by Gasteiger charge is 2.07. The number of benzene rings is 2. The zero-order chi connectivity index (χ0) is 20.4. The highest BCUT2D eigenvalue weighted by atomic mass is 14.9. The van der Waals surface area contributed by atoms with Gasteiger partial charge in [0.1, 0.15) is 0 Å². The van der Waals surface area contributed by atoms with Gasteiger partial charge in [-0.3, -0.25) is 4.99 Å². The Hall–Kier alpha value is -2.62. The third-order valence-electron chi connectivity index (χ3n) is 4.61. The van der Waals surface area contributed by atoms with E-state index in [0.717, 1.165) is 60.8 Å². The van der Waals surface area contributed by atoms with Crippen LogP contribution in [0.2, 0.25) is 0 Å². The van der Waals surface area contributed by atoms with E-state index in [2.05, 4.69) is 81.7 Å². The number of rotatable bonds is 10. The Morgan fingerprint density at radius 3 is 2.00 bits per heavy atom. The highest BCUT2D eigenvalue weighted by molar-refractivity contribution is 6.32. The summed E-state index contributed by atoms with van der Waals surface area (Å²) in [6.07, 6.45) is 5.08. The van der Waals surface area contributed by atoms with Crippen LogP contribution >= 0.6 is 0 Å². The number of hydrogen-bond acceptors (Lipinski definition) is 4. The van der Waals surface area contributed by atoms with Crippen LogP contribution in [-0.4, -0.2) is 25.0 Å². The first kappa shape index (κ1) is 21.7. The van der Waals surface area contributed by atoms with Crippen molar-refractivity contribution in [3.8, 4) is 0 Å². The van der Waals surface area contributed by atoms with Crippen molar-refractivity contribution in [2.45, 2.75) is 53.9 Å². The second-order valence-electron chi connectivity index (χ2n) is 6.96. The first-order valence-electron chi connectivity index (χ1n) is 10.4. The van der Waals surface area contributed by atoms with Gasteiger partial charge < -0.3 is 10.6 Å². The normalized spacial score (nSPS) is 11.8. The van der Waals surface area contributed by atoms with E-state index in [9.17, 15) is 0 Å². The van der Waals surface area contributed by atoms with Gasteiger partial charge in [0.15, 0.2) is 0 Å². The Morgan fingerprint density at radius 1 is 0.857 bits per heavy atom. The molecule has 0 amide bonds. The summed E-state index contributed by atoms with van der Waals surface area (Å²) in [7, 11) is 0. The van der Waals surface area contributed by atoms with Crippen LogP contribution in [0.25, 0.3) is 0 Å². The fraction of sp³-hybridized carbons (Fsp3) is 0.417. The zero-order valence-corrected chi connectivity index (χ0v) is 18.0. The minimum atomic E-state index is 0.874. The van der Waals surface area contributed by atoms with E-state index < -0.39 is 0 Å². The monoisotopic (exact) mass is 378 g/mol. The van der Waals surface area contributed by atoms with E-state index in [-0.39, 0.29) is 0 Å². The molecule has 2 N–H and O–H groups in total. The summed E-state index contributed by atoms with van der Waals surface area (Å²) in [6.45, 7) is 12.4. The Morgan fingerprint density at radius 2 is 1.43 bits per heavy atom. The largest absolute Gasteiger partial charge is 0.383 e. The summed E-state index contributed by atoms with van der Waals surface area (Å²) in [4.78, 5) is 9.77. The van der Waals surface area contributed by atoms with E-state index in [1.807, 2.05) is 6.21 Å². The van der Waals surface area contributed by atoms with Crippen molar-refractivity contribution in [2.75, 3.05) is 23.7 Å². The van der Waals surface area contributed by atoms with Crippen LogP contribution in [0.5, 0.6) is 0 Å². The molecular weight excluding hydrogens is 344 g/mol. The Bertz CT molecular complexity index is 821. The standard InChI is InChI=1S/C24H34N4/c1-6-9-14-20(28-22-16-11-13-19(5)24(22)26-8-3)17-27-21-15-10-12-18(4)23(21)25-7-2/h10-13,15-17,25-26H,6-9,14H2,1-5H3. The lowest BCUT2D eigenvalue weighted by Crippen LogP contribution is -2.03. The van der Waals surface area contributed by atoms with E-state index in [0.29, 0.717) is 0 Å². The van der Waals surface area contributed by atoms with Crippen LogP contribution in [0.4, 0.5) is 22.7 Å². The van der Waals surface area contributed by atoms with Crippen molar-refractivity contribution in [1.29, 1.82) is 0 Å². The third-order valence-corrected chi connectivity index (χ3v) is 4.61. The van der Waals surface area contributed by atoms with Gasteiger partial charge in [-0.15, -0.1) is 0 Å². The van der Waals surface area contributed by atoms with Crippen molar-refractivity contribution >= 4 is 34.7 Å². The molecule has 28 heavy (non-hydrogen) atoms. The van der Waals surface area contributed by atoms with Gasteiger partial charge in [-0.25, -0.2) is 4.99 Å². The van der Waals surface area contributed by atoms with Crippen LogP contribution in [0, 0.1) is 13.8 Å².